The average Bonchev–Trinajstić information content (AvgIpc) is 3.10. The van der Waals surface area contributed by atoms with Crippen molar-refractivity contribution < 1.29 is 14.4 Å². The van der Waals surface area contributed by atoms with E-state index >= 15 is 0 Å². The molecule has 1 aromatic heterocycles. The molecule has 22 heavy (non-hydrogen) atoms. The van der Waals surface area contributed by atoms with Gasteiger partial charge in [0.25, 0.3) is 0 Å². The predicted octanol–water partition coefficient (Wildman–Crippen LogP) is 1.61. The van der Waals surface area contributed by atoms with Crippen LogP contribution >= 0.6 is 27.3 Å². The summed E-state index contributed by atoms with van der Waals surface area (Å²) in [6.45, 7) is 4.75. The molecule has 0 unspecified atom stereocenters. The second-order valence-electron chi connectivity index (χ2n) is 4.85. The third-order valence-electron chi connectivity index (χ3n) is 3.56. The Kier molecular flexibility index (Phi) is 4.46. The van der Waals surface area contributed by atoms with Crippen LogP contribution in [-0.4, -0.2) is 51.9 Å². The van der Waals surface area contributed by atoms with Crippen LogP contribution in [0.5, 0.6) is 0 Å². The van der Waals surface area contributed by atoms with Crippen molar-refractivity contribution in [3.8, 4) is 0 Å². The fraction of sp³-hybridized carbons (Fsp3) is 0.462. The Morgan fingerprint density at radius 2 is 2.50 bits per heavy atom. The summed E-state index contributed by atoms with van der Waals surface area (Å²) in [5.74, 6) is -0.219. The molecule has 9 heteroatoms. The number of alkyl halides is 1. The first-order chi connectivity index (χ1) is 10.7. The van der Waals surface area contributed by atoms with Gasteiger partial charge in [0.05, 0.1) is 29.2 Å². The number of amides is 3. The number of rotatable bonds is 6. The van der Waals surface area contributed by atoms with Gasteiger partial charge >= 0.3 is 6.03 Å². The molecule has 0 aliphatic carbocycles. The van der Waals surface area contributed by atoms with Gasteiger partial charge in [-0.05, 0) is 0 Å². The molecule has 0 radical (unpaired) electrons. The molecule has 0 saturated carbocycles. The number of hydroxylamine groups is 2. The monoisotopic (exact) mass is 386 g/mol. The highest BCUT2D eigenvalue weighted by Gasteiger charge is 2.52. The molecule has 3 amide bonds. The van der Waals surface area contributed by atoms with Crippen molar-refractivity contribution >= 4 is 39.2 Å². The number of carbonyl (C=O) groups excluding carboxylic acids is 2. The summed E-state index contributed by atoms with van der Waals surface area (Å²) in [6, 6.07) is -1.22. The Bertz CT molecular complexity index is 608. The van der Waals surface area contributed by atoms with Gasteiger partial charge in [0, 0.05) is 11.9 Å². The number of thiazole rings is 1. The van der Waals surface area contributed by atoms with Crippen LogP contribution in [0.15, 0.2) is 18.2 Å². The lowest BCUT2D eigenvalue weighted by Crippen LogP contribution is -2.44. The van der Waals surface area contributed by atoms with Gasteiger partial charge < -0.3 is 10.2 Å². The van der Waals surface area contributed by atoms with E-state index in [-0.39, 0.29) is 24.6 Å². The molecule has 1 fully saturated rings. The van der Waals surface area contributed by atoms with Crippen LogP contribution in [0.2, 0.25) is 0 Å². The van der Waals surface area contributed by atoms with Crippen LogP contribution < -0.4 is 5.32 Å². The normalized spacial score (nSPS) is 22.7. The average molecular weight is 387 g/mol. The fourth-order valence-electron chi connectivity index (χ4n) is 2.68. The summed E-state index contributed by atoms with van der Waals surface area (Å²) in [7, 11) is 0. The number of hydrogen-bond donors (Lipinski definition) is 1. The molecule has 7 nitrogen and oxygen atoms in total. The number of halogens is 1. The molecular weight excluding hydrogens is 372 g/mol. The third kappa shape index (κ3) is 2.42. The molecule has 118 valence electrons. The van der Waals surface area contributed by atoms with E-state index in [0.717, 1.165) is 4.88 Å². The molecule has 2 bridgehead atoms. The molecule has 2 atom stereocenters. The smallest absolute Gasteiger partial charge is 0.345 e. The Hall–Kier alpha value is -1.45. The second-order valence-corrected chi connectivity index (χ2v) is 6.52. The summed E-state index contributed by atoms with van der Waals surface area (Å²) in [5.41, 5.74) is 2.35. The summed E-state index contributed by atoms with van der Waals surface area (Å²) in [4.78, 5) is 37.2. The second kappa shape index (κ2) is 6.35. The molecular formula is C13H15BrN4O3S. The number of nitrogens with zero attached hydrogens (tertiary/aromatic N) is 3. The molecule has 0 aromatic carbocycles. The van der Waals surface area contributed by atoms with Crippen LogP contribution in [0.1, 0.15) is 22.7 Å². The van der Waals surface area contributed by atoms with Gasteiger partial charge in [-0.25, -0.2) is 9.78 Å². The van der Waals surface area contributed by atoms with Crippen molar-refractivity contribution in [2.24, 2.45) is 0 Å². The zero-order chi connectivity index (χ0) is 15.7. The lowest BCUT2D eigenvalue weighted by Gasteiger charge is -2.28. The lowest BCUT2D eigenvalue weighted by atomic mass is 10.0. The van der Waals surface area contributed by atoms with E-state index in [0.29, 0.717) is 24.1 Å². The lowest BCUT2D eigenvalue weighted by molar-refractivity contribution is -0.125. The summed E-state index contributed by atoms with van der Waals surface area (Å²) >= 11 is 4.71. The van der Waals surface area contributed by atoms with Gasteiger partial charge in [-0.15, -0.1) is 17.9 Å². The molecule has 1 aromatic rings. The molecule has 1 N–H and O–H groups in total. The molecule has 1 saturated heterocycles. The van der Waals surface area contributed by atoms with Crippen LogP contribution in [0, 0.1) is 0 Å². The van der Waals surface area contributed by atoms with Crippen LogP contribution in [0.25, 0.3) is 0 Å². The molecule has 2 aliphatic rings. The third-order valence-corrected chi connectivity index (χ3v) is 4.90. The Morgan fingerprint density at radius 3 is 3.23 bits per heavy atom. The van der Waals surface area contributed by atoms with E-state index in [2.05, 4.69) is 32.8 Å². The standard InChI is InChI=1S/C13H15BrN4O3S/c1-2-5-21-18-8-6-17(13(18)20)10(12(19)15-4-3-14)9-11(8)22-7-16-9/h2,7-8,10H,1,3-6H2,(H,15,19)/t8-,10-/m0/s1. The first kappa shape index (κ1) is 15.4. The van der Waals surface area contributed by atoms with Crippen molar-refractivity contribution in [1.82, 2.24) is 20.3 Å². The van der Waals surface area contributed by atoms with Crippen molar-refractivity contribution in [2.75, 3.05) is 25.0 Å². The molecule has 0 spiro atoms. The van der Waals surface area contributed by atoms with Gasteiger partial charge in [-0.3, -0.25) is 9.63 Å². The Balaban J connectivity index is 1.91. The maximum absolute atomic E-state index is 12.5. The number of hydrogen-bond acceptors (Lipinski definition) is 5. The predicted molar refractivity (Wildman–Crippen MR) is 84.5 cm³/mol. The van der Waals surface area contributed by atoms with Crippen LogP contribution in [-0.2, 0) is 9.63 Å². The van der Waals surface area contributed by atoms with Crippen molar-refractivity contribution in [3.63, 3.8) is 0 Å². The zero-order valence-electron chi connectivity index (χ0n) is 11.7. The fourth-order valence-corrected chi connectivity index (χ4v) is 3.77. The van der Waals surface area contributed by atoms with Crippen molar-refractivity contribution in [2.45, 2.75) is 12.1 Å². The van der Waals surface area contributed by atoms with Gasteiger partial charge in [0.1, 0.15) is 6.04 Å². The minimum atomic E-state index is -0.693. The summed E-state index contributed by atoms with van der Waals surface area (Å²) < 4.78 is 0. The molecule has 3 heterocycles. The highest BCUT2D eigenvalue weighted by molar-refractivity contribution is 9.09. The highest BCUT2D eigenvalue weighted by Crippen LogP contribution is 2.45. The zero-order valence-corrected chi connectivity index (χ0v) is 14.1. The quantitative estimate of drug-likeness (QED) is 0.595. The number of carbonyl (C=O) groups is 2. The topological polar surface area (TPSA) is 74.8 Å². The van der Waals surface area contributed by atoms with Crippen LogP contribution in [0.3, 0.4) is 0 Å². The van der Waals surface area contributed by atoms with E-state index in [1.807, 2.05) is 0 Å². The van der Waals surface area contributed by atoms with Crippen molar-refractivity contribution in [1.29, 1.82) is 0 Å². The number of urea groups is 1. The van der Waals surface area contributed by atoms with Gasteiger partial charge in [0.2, 0.25) is 5.91 Å². The van der Waals surface area contributed by atoms with Gasteiger partial charge in [0.15, 0.2) is 6.04 Å². The highest BCUT2D eigenvalue weighted by atomic mass is 79.9. The first-order valence-electron chi connectivity index (χ1n) is 6.79. The number of fused-ring (bicyclic) bond motifs is 4. The number of nitrogens with one attached hydrogen (secondary N) is 1. The van der Waals surface area contributed by atoms with E-state index in [1.165, 1.54) is 21.3 Å². The van der Waals surface area contributed by atoms with Gasteiger partial charge in [-0.2, -0.15) is 5.06 Å². The maximum atomic E-state index is 12.5. The van der Waals surface area contributed by atoms with Crippen molar-refractivity contribution in [3.05, 3.63) is 28.7 Å². The molecule has 2 aliphatic heterocycles. The number of aromatic nitrogens is 1. The Morgan fingerprint density at radius 1 is 1.68 bits per heavy atom. The minimum Gasteiger partial charge on any atom is -0.353 e. The maximum Gasteiger partial charge on any atom is 0.345 e. The van der Waals surface area contributed by atoms with E-state index in [9.17, 15) is 9.59 Å². The van der Waals surface area contributed by atoms with E-state index < -0.39 is 6.04 Å². The largest absolute Gasteiger partial charge is 0.353 e. The molecule has 3 rings (SSSR count). The van der Waals surface area contributed by atoms with Crippen LogP contribution in [0.4, 0.5) is 4.79 Å². The summed E-state index contributed by atoms with van der Waals surface area (Å²) in [6.07, 6.45) is 1.58. The Labute approximate surface area is 140 Å². The van der Waals surface area contributed by atoms with E-state index in [4.69, 9.17) is 4.84 Å². The van der Waals surface area contributed by atoms with Gasteiger partial charge in [-0.1, -0.05) is 22.0 Å². The summed E-state index contributed by atoms with van der Waals surface area (Å²) in [5, 5.41) is 4.79. The SMILES string of the molecule is C=CCON1C(=O)N2C[C@H]1c1scnc1[C@H]2C(=O)NCCBr. The minimum absolute atomic E-state index is 0.213. The van der Waals surface area contributed by atoms with E-state index in [1.54, 1.807) is 11.6 Å². The first-order valence-corrected chi connectivity index (χ1v) is 8.79.